The molecule has 26 heavy (non-hydrogen) atoms. The van der Waals surface area contributed by atoms with E-state index in [4.69, 9.17) is 14.3 Å². The third-order valence-electron chi connectivity index (χ3n) is 3.41. The lowest BCUT2D eigenvalue weighted by molar-refractivity contribution is -0.126. The Labute approximate surface area is 151 Å². The minimum atomic E-state index is -0.893. The molecular weight excluding hydrogens is 339 g/mol. The molecule has 0 radical (unpaired) electrons. The summed E-state index contributed by atoms with van der Waals surface area (Å²) >= 11 is 0. The van der Waals surface area contributed by atoms with Crippen molar-refractivity contribution < 1.29 is 23.5 Å². The molecule has 0 aliphatic heterocycles. The third-order valence-corrected chi connectivity index (χ3v) is 3.41. The second-order valence-corrected chi connectivity index (χ2v) is 5.29. The molecule has 0 spiro atoms. The number of carbonyl (C=O) groups excluding carboxylic acids is 1. The number of hydrogen-bond donors (Lipinski definition) is 1. The van der Waals surface area contributed by atoms with Crippen LogP contribution in [0.5, 0.6) is 11.5 Å². The molecule has 0 unspecified atom stereocenters. The lowest BCUT2D eigenvalue weighted by Gasteiger charge is -2.11. The Bertz CT molecular complexity index is 780. The van der Waals surface area contributed by atoms with Crippen LogP contribution in [0.1, 0.15) is 19.4 Å². The second-order valence-electron chi connectivity index (χ2n) is 5.29. The van der Waals surface area contributed by atoms with Gasteiger partial charge < -0.3 is 19.6 Å². The number of amides is 1. The van der Waals surface area contributed by atoms with E-state index in [0.29, 0.717) is 23.7 Å². The number of hydrogen-bond acceptors (Lipinski definition) is 5. The Morgan fingerprint density at radius 2 is 2.04 bits per heavy atom. The molecule has 0 bridgehead atoms. The number of halogens is 1. The van der Waals surface area contributed by atoms with E-state index in [-0.39, 0.29) is 5.69 Å². The van der Waals surface area contributed by atoms with Crippen LogP contribution in [0.2, 0.25) is 0 Å². The Balaban J connectivity index is 1.94. The van der Waals surface area contributed by atoms with Gasteiger partial charge in [0, 0.05) is 5.56 Å². The van der Waals surface area contributed by atoms with Crippen molar-refractivity contribution in [1.82, 2.24) is 0 Å². The fourth-order valence-corrected chi connectivity index (χ4v) is 2.07. The Hall–Kier alpha value is -3.09. The lowest BCUT2D eigenvalue weighted by atomic mass is 10.2. The highest BCUT2D eigenvalue weighted by atomic mass is 19.1. The zero-order chi connectivity index (χ0) is 18.9. The van der Waals surface area contributed by atoms with Gasteiger partial charge in [0.15, 0.2) is 11.5 Å². The van der Waals surface area contributed by atoms with E-state index in [1.165, 1.54) is 25.3 Å². The van der Waals surface area contributed by atoms with Gasteiger partial charge in [0.1, 0.15) is 5.82 Å². The summed E-state index contributed by atoms with van der Waals surface area (Å²) in [4.78, 5) is 17.1. The van der Waals surface area contributed by atoms with Crippen LogP contribution in [0.3, 0.4) is 0 Å². The highest BCUT2D eigenvalue weighted by Crippen LogP contribution is 2.27. The SMILES string of the molecule is CCOc1ccc(/C=N\O[C@@H](C)C(=O)Nc2ccccc2F)cc1OC. The molecule has 138 valence electrons. The minimum Gasteiger partial charge on any atom is -0.493 e. The molecule has 0 fully saturated rings. The maximum absolute atomic E-state index is 13.5. The molecule has 2 aromatic rings. The molecule has 2 aromatic carbocycles. The van der Waals surface area contributed by atoms with Crippen LogP contribution in [-0.4, -0.2) is 31.9 Å². The molecule has 6 nitrogen and oxygen atoms in total. The summed E-state index contributed by atoms with van der Waals surface area (Å²) in [6, 6.07) is 11.2. The zero-order valence-electron chi connectivity index (χ0n) is 14.9. The number of oxime groups is 1. The molecule has 1 N–H and O–H groups in total. The average molecular weight is 360 g/mol. The number of nitrogens with zero attached hydrogens (tertiary/aromatic N) is 1. The maximum Gasteiger partial charge on any atom is 0.268 e. The van der Waals surface area contributed by atoms with Gasteiger partial charge in [-0.3, -0.25) is 4.79 Å². The van der Waals surface area contributed by atoms with Crippen molar-refractivity contribution in [2.75, 3.05) is 19.0 Å². The summed E-state index contributed by atoms with van der Waals surface area (Å²) in [7, 11) is 1.55. The summed E-state index contributed by atoms with van der Waals surface area (Å²) in [5.41, 5.74) is 0.806. The van der Waals surface area contributed by atoms with Crippen LogP contribution in [0.4, 0.5) is 10.1 Å². The number of benzene rings is 2. The summed E-state index contributed by atoms with van der Waals surface area (Å²) < 4.78 is 24.2. The average Bonchev–Trinajstić information content (AvgIpc) is 2.64. The number of anilines is 1. The van der Waals surface area contributed by atoms with Crippen molar-refractivity contribution in [3.05, 3.63) is 53.8 Å². The van der Waals surface area contributed by atoms with Crippen LogP contribution < -0.4 is 14.8 Å². The normalized spacial score (nSPS) is 11.8. The van der Waals surface area contributed by atoms with E-state index in [9.17, 15) is 9.18 Å². The Kier molecular flexibility index (Phi) is 6.96. The van der Waals surface area contributed by atoms with Crippen molar-refractivity contribution in [3.8, 4) is 11.5 Å². The predicted octanol–water partition coefficient (Wildman–Crippen LogP) is 3.61. The monoisotopic (exact) mass is 360 g/mol. The van der Waals surface area contributed by atoms with Crippen LogP contribution in [-0.2, 0) is 9.63 Å². The van der Waals surface area contributed by atoms with E-state index in [1.807, 2.05) is 6.92 Å². The maximum atomic E-state index is 13.5. The highest BCUT2D eigenvalue weighted by Gasteiger charge is 2.15. The topological polar surface area (TPSA) is 69.2 Å². The molecular formula is C19H21FN2O4. The van der Waals surface area contributed by atoms with Crippen molar-refractivity contribution in [1.29, 1.82) is 0 Å². The van der Waals surface area contributed by atoms with Crippen molar-refractivity contribution in [2.24, 2.45) is 5.16 Å². The van der Waals surface area contributed by atoms with Gasteiger partial charge in [-0.1, -0.05) is 17.3 Å². The van der Waals surface area contributed by atoms with Gasteiger partial charge in [-0.15, -0.1) is 0 Å². The van der Waals surface area contributed by atoms with E-state index in [2.05, 4.69) is 10.5 Å². The van der Waals surface area contributed by atoms with Crippen molar-refractivity contribution >= 4 is 17.8 Å². The zero-order valence-corrected chi connectivity index (χ0v) is 14.9. The molecule has 0 aromatic heterocycles. The molecule has 0 saturated carbocycles. The molecule has 0 saturated heterocycles. The van der Waals surface area contributed by atoms with Gasteiger partial charge in [-0.2, -0.15) is 0 Å². The standard InChI is InChI=1S/C19H21FN2O4/c1-4-25-17-10-9-14(11-18(17)24-3)12-21-26-13(2)19(23)22-16-8-6-5-7-15(16)20/h5-13H,4H2,1-3H3,(H,22,23)/b21-12-/t13-/m0/s1. The summed E-state index contributed by atoms with van der Waals surface area (Å²) in [6.45, 7) is 3.93. The molecule has 7 heteroatoms. The largest absolute Gasteiger partial charge is 0.493 e. The molecule has 2 rings (SSSR count). The molecule has 0 aliphatic rings. The Morgan fingerprint density at radius 1 is 1.27 bits per heavy atom. The van der Waals surface area contributed by atoms with Gasteiger partial charge in [0.05, 0.1) is 25.6 Å². The fraction of sp³-hybridized carbons (Fsp3) is 0.263. The van der Waals surface area contributed by atoms with Gasteiger partial charge in [-0.05, 0) is 44.2 Å². The first-order valence-electron chi connectivity index (χ1n) is 8.10. The van der Waals surface area contributed by atoms with E-state index in [0.717, 1.165) is 0 Å². The van der Waals surface area contributed by atoms with Gasteiger partial charge >= 0.3 is 0 Å². The highest BCUT2D eigenvalue weighted by molar-refractivity contribution is 5.94. The first-order valence-corrected chi connectivity index (χ1v) is 8.10. The molecule has 1 atom stereocenters. The first kappa shape index (κ1) is 19.2. The number of para-hydroxylation sites is 1. The molecule has 0 aliphatic carbocycles. The number of nitrogens with one attached hydrogen (secondary N) is 1. The van der Waals surface area contributed by atoms with Gasteiger partial charge in [-0.25, -0.2) is 4.39 Å². The van der Waals surface area contributed by atoms with Crippen LogP contribution in [0, 0.1) is 5.82 Å². The summed E-state index contributed by atoms with van der Waals surface area (Å²) in [5, 5.41) is 6.25. The lowest BCUT2D eigenvalue weighted by Crippen LogP contribution is -2.26. The molecule has 0 heterocycles. The van der Waals surface area contributed by atoms with E-state index in [1.54, 1.807) is 37.4 Å². The number of carbonyl (C=O) groups is 1. The summed E-state index contributed by atoms with van der Waals surface area (Å²) in [6.07, 6.45) is 0.556. The van der Waals surface area contributed by atoms with Gasteiger partial charge in [0.25, 0.3) is 5.91 Å². The van der Waals surface area contributed by atoms with Crippen LogP contribution in [0.25, 0.3) is 0 Å². The number of methoxy groups -OCH3 is 1. The smallest absolute Gasteiger partial charge is 0.268 e. The Morgan fingerprint density at radius 3 is 2.73 bits per heavy atom. The number of ether oxygens (including phenoxy) is 2. The number of rotatable bonds is 8. The quantitative estimate of drug-likeness (QED) is 0.577. The van der Waals surface area contributed by atoms with Crippen molar-refractivity contribution in [3.63, 3.8) is 0 Å². The third kappa shape index (κ3) is 5.20. The first-order chi connectivity index (χ1) is 12.5. The van der Waals surface area contributed by atoms with Crippen LogP contribution in [0.15, 0.2) is 47.6 Å². The van der Waals surface area contributed by atoms with E-state index < -0.39 is 17.8 Å². The second kappa shape index (κ2) is 9.41. The van der Waals surface area contributed by atoms with Crippen molar-refractivity contribution in [2.45, 2.75) is 20.0 Å². The van der Waals surface area contributed by atoms with E-state index >= 15 is 0 Å². The predicted molar refractivity (Wildman–Crippen MR) is 97.3 cm³/mol. The fourth-order valence-electron chi connectivity index (χ4n) is 2.07. The van der Waals surface area contributed by atoms with Gasteiger partial charge in [0.2, 0.25) is 6.10 Å². The summed E-state index contributed by atoms with van der Waals surface area (Å²) in [5.74, 6) is 0.182. The minimum absolute atomic E-state index is 0.0909. The van der Waals surface area contributed by atoms with Crippen LogP contribution >= 0.6 is 0 Å². The molecule has 1 amide bonds.